The predicted molar refractivity (Wildman–Crippen MR) is 427 cm³/mol. The summed E-state index contributed by atoms with van der Waals surface area (Å²) < 4.78 is 68.6. The SMILES string of the molecule is CC/C=C\C/C=C\C/C=C\C/C=C\CCCCCCC(=O)OCC(COP(=O)(O)OCC(O)COP(=O)(O)OCC(COC(=O)CCCCCCCC/C=C\C/C=C\C/C=C\CCCCC)OC(=O)CCCCCCCCCCCCCCC)OC(=O)CCCC/C=C\C/C=C\C/C=C\C/C=C\CC. The monoisotopic (exact) mass is 1500 g/mol. The molecule has 0 aliphatic rings. The maximum atomic E-state index is 13.1. The number of esters is 4. The minimum atomic E-state index is -5.00. The van der Waals surface area contributed by atoms with Crippen molar-refractivity contribution in [3.05, 3.63) is 134 Å². The van der Waals surface area contributed by atoms with Gasteiger partial charge in [0.15, 0.2) is 12.2 Å². The molecule has 0 spiro atoms. The van der Waals surface area contributed by atoms with Crippen molar-refractivity contribution in [2.24, 2.45) is 0 Å². The highest BCUT2D eigenvalue weighted by molar-refractivity contribution is 7.47. The molecular weight excluding hydrogens is 1350 g/mol. The third-order valence-corrected chi connectivity index (χ3v) is 18.5. The zero-order chi connectivity index (χ0) is 76.0. The third kappa shape index (κ3) is 75.4. The largest absolute Gasteiger partial charge is 0.472 e. The first kappa shape index (κ1) is 99.2. The molecule has 19 heteroatoms. The Bertz CT molecular complexity index is 2490. The van der Waals surface area contributed by atoms with Crippen LogP contribution in [0.3, 0.4) is 0 Å². The van der Waals surface area contributed by atoms with Gasteiger partial charge in [-0.3, -0.25) is 37.3 Å². The molecular formula is C85H144O17P2. The summed E-state index contributed by atoms with van der Waals surface area (Å²) in [5.74, 6) is -2.26. The molecule has 0 radical (unpaired) electrons. The van der Waals surface area contributed by atoms with Crippen molar-refractivity contribution in [2.45, 2.75) is 341 Å². The summed E-state index contributed by atoms with van der Waals surface area (Å²) in [6.45, 7) is 4.55. The third-order valence-electron chi connectivity index (χ3n) is 16.6. The Kier molecular flexibility index (Phi) is 72.9. The van der Waals surface area contributed by atoms with Crippen molar-refractivity contribution >= 4 is 39.5 Å². The highest BCUT2D eigenvalue weighted by atomic mass is 31.2. The smallest absolute Gasteiger partial charge is 0.462 e. The lowest BCUT2D eigenvalue weighted by molar-refractivity contribution is -0.161. The summed E-state index contributed by atoms with van der Waals surface area (Å²) in [6, 6.07) is 0. The molecule has 0 bridgehead atoms. The topological polar surface area (TPSA) is 237 Å². The summed E-state index contributed by atoms with van der Waals surface area (Å²) in [6.07, 6.45) is 85.7. The van der Waals surface area contributed by atoms with Gasteiger partial charge in [0.2, 0.25) is 0 Å². The number of rotatable bonds is 75. The van der Waals surface area contributed by atoms with Crippen molar-refractivity contribution in [1.29, 1.82) is 0 Å². The number of ether oxygens (including phenoxy) is 4. The first-order valence-corrected chi connectivity index (χ1v) is 43.4. The molecule has 0 heterocycles. The van der Waals surface area contributed by atoms with Crippen LogP contribution in [0.4, 0.5) is 0 Å². The highest BCUT2D eigenvalue weighted by Crippen LogP contribution is 2.45. The molecule has 0 aromatic rings. The molecule has 0 aromatic heterocycles. The number of unbranched alkanes of at least 4 members (excludes halogenated alkanes) is 27. The van der Waals surface area contributed by atoms with Crippen LogP contribution in [0.1, 0.15) is 323 Å². The molecule has 5 atom stereocenters. The van der Waals surface area contributed by atoms with E-state index in [1.165, 1.54) is 70.6 Å². The zero-order valence-electron chi connectivity index (χ0n) is 65.2. The number of hydrogen-bond donors (Lipinski definition) is 3. The number of phosphoric ester groups is 2. The Labute approximate surface area is 631 Å². The van der Waals surface area contributed by atoms with E-state index in [1.54, 1.807) is 0 Å². The normalized spacial score (nSPS) is 14.6. The average molecular weight is 1500 g/mol. The summed E-state index contributed by atoms with van der Waals surface area (Å²) in [4.78, 5) is 73.0. The van der Waals surface area contributed by atoms with Crippen LogP contribution >= 0.6 is 15.6 Å². The first-order chi connectivity index (χ1) is 50.7. The van der Waals surface area contributed by atoms with E-state index < -0.39 is 97.5 Å². The Hall–Kier alpha value is -4.80. The van der Waals surface area contributed by atoms with Crippen LogP contribution in [0.25, 0.3) is 0 Å². The second-order valence-corrected chi connectivity index (χ2v) is 29.5. The molecule has 5 unspecified atom stereocenters. The van der Waals surface area contributed by atoms with Gasteiger partial charge in [-0.25, -0.2) is 9.13 Å². The van der Waals surface area contributed by atoms with E-state index in [0.717, 1.165) is 167 Å². The molecule has 0 aliphatic heterocycles. The van der Waals surface area contributed by atoms with Gasteiger partial charge in [-0.15, -0.1) is 0 Å². The summed E-state index contributed by atoms with van der Waals surface area (Å²) in [5.41, 5.74) is 0. The standard InChI is InChI=1S/C85H144O17P2/c1-5-9-13-17-21-25-29-33-36-38-39-41-44-47-50-54-58-62-66-70-83(88)95-75-80(101-84(89)71-67-63-59-55-51-45-32-28-24-20-16-12-8-4)77-99-103(91,92)97-73-79(86)74-98-104(93,94)100-78-81(102-85(90)72-68-64-60-56-52-48-42-35-31-27-23-19-15-11-7-3)76-96-82(87)69-65-61-57-53-49-46-43-40-37-34-30-26-22-18-14-10-6-2/h10-11,14-15,21-23,25-27,33-37,39,41-43,46,52,56,79-81,86H,5-9,12-13,16-20,24,28-32,38,40,44-45,47-51,53-55,57-78H2,1-4H3,(H,91,92)(H,93,94)/b14-10-,15-11-,25-21-,26-22-,27-23-,36-33-,37-34-,41-39-,42-35-,46-43-,56-52-. The van der Waals surface area contributed by atoms with Crippen LogP contribution in [0.2, 0.25) is 0 Å². The molecule has 0 fully saturated rings. The Morgan fingerprint density at radius 1 is 0.279 bits per heavy atom. The van der Waals surface area contributed by atoms with E-state index in [1.807, 2.05) is 0 Å². The Morgan fingerprint density at radius 3 is 0.808 bits per heavy atom. The van der Waals surface area contributed by atoms with Crippen molar-refractivity contribution in [2.75, 3.05) is 39.6 Å². The van der Waals surface area contributed by atoms with Crippen LogP contribution in [-0.2, 0) is 65.4 Å². The quantitative estimate of drug-likeness (QED) is 0.0169. The van der Waals surface area contributed by atoms with E-state index in [0.29, 0.717) is 32.1 Å². The van der Waals surface area contributed by atoms with Crippen LogP contribution in [-0.4, -0.2) is 96.7 Å². The minimum Gasteiger partial charge on any atom is -0.462 e. The second-order valence-electron chi connectivity index (χ2n) is 26.6. The fourth-order valence-electron chi connectivity index (χ4n) is 10.5. The Morgan fingerprint density at radius 2 is 0.500 bits per heavy atom. The van der Waals surface area contributed by atoms with Gasteiger partial charge in [0.05, 0.1) is 26.4 Å². The molecule has 596 valence electrons. The van der Waals surface area contributed by atoms with Crippen molar-refractivity contribution in [3.8, 4) is 0 Å². The van der Waals surface area contributed by atoms with Gasteiger partial charge in [-0.1, -0.05) is 290 Å². The lowest BCUT2D eigenvalue weighted by Gasteiger charge is -2.21. The van der Waals surface area contributed by atoms with Gasteiger partial charge in [0, 0.05) is 25.7 Å². The van der Waals surface area contributed by atoms with Crippen molar-refractivity contribution in [3.63, 3.8) is 0 Å². The van der Waals surface area contributed by atoms with E-state index >= 15 is 0 Å². The second kappa shape index (κ2) is 76.4. The van der Waals surface area contributed by atoms with Crippen LogP contribution < -0.4 is 0 Å². The molecule has 3 N–H and O–H groups in total. The molecule has 0 saturated carbocycles. The molecule has 0 amide bonds. The summed E-state index contributed by atoms with van der Waals surface area (Å²) >= 11 is 0. The van der Waals surface area contributed by atoms with Gasteiger partial charge in [0.1, 0.15) is 19.3 Å². The minimum absolute atomic E-state index is 0.0339. The maximum Gasteiger partial charge on any atom is 0.472 e. The van der Waals surface area contributed by atoms with Gasteiger partial charge in [0.25, 0.3) is 0 Å². The molecule has 0 aromatic carbocycles. The fraction of sp³-hybridized carbons (Fsp3) is 0.694. The number of phosphoric acid groups is 2. The average Bonchev–Trinajstić information content (AvgIpc) is 0.939. The van der Waals surface area contributed by atoms with Crippen LogP contribution in [0.5, 0.6) is 0 Å². The summed E-state index contributed by atoms with van der Waals surface area (Å²) in [5, 5.41) is 10.6. The maximum absolute atomic E-state index is 13.1. The zero-order valence-corrected chi connectivity index (χ0v) is 66.9. The van der Waals surface area contributed by atoms with E-state index in [4.69, 9.17) is 37.0 Å². The number of carbonyl (C=O) groups excluding carboxylic acids is 4. The molecule has 0 aliphatic carbocycles. The highest BCUT2D eigenvalue weighted by Gasteiger charge is 2.30. The fourth-order valence-corrected chi connectivity index (χ4v) is 12.1. The molecule has 17 nitrogen and oxygen atoms in total. The molecule has 0 saturated heterocycles. The van der Waals surface area contributed by atoms with Crippen molar-refractivity contribution < 1.29 is 80.2 Å². The van der Waals surface area contributed by atoms with Gasteiger partial charge >= 0.3 is 39.5 Å². The number of aliphatic hydroxyl groups is 1. The van der Waals surface area contributed by atoms with Crippen LogP contribution in [0, 0.1) is 0 Å². The number of carbonyl (C=O) groups is 4. The van der Waals surface area contributed by atoms with Gasteiger partial charge in [-0.2, -0.15) is 0 Å². The number of allylic oxidation sites excluding steroid dienone is 22. The van der Waals surface area contributed by atoms with E-state index in [-0.39, 0.29) is 25.7 Å². The lowest BCUT2D eigenvalue weighted by Crippen LogP contribution is -2.30. The van der Waals surface area contributed by atoms with E-state index in [2.05, 4.69) is 161 Å². The first-order valence-electron chi connectivity index (χ1n) is 40.4. The lowest BCUT2D eigenvalue weighted by atomic mass is 10.0. The number of aliphatic hydroxyl groups excluding tert-OH is 1. The van der Waals surface area contributed by atoms with Crippen LogP contribution in [0.15, 0.2) is 134 Å². The van der Waals surface area contributed by atoms with Gasteiger partial charge in [-0.05, 0) is 141 Å². The molecule has 104 heavy (non-hydrogen) atoms. The summed E-state index contributed by atoms with van der Waals surface area (Å²) in [7, 11) is -9.98. The molecule has 0 rings (SSSR count). The van der Waals surface area contributed by atoms with Crippen molar-refractivity contribution in [1.82, 2.24) is 0 Å². The van der Waals surface area contributed by atoms with Gasteiger partial charge < -0.3 is 33.8 Å². The predicted octanol–water partition coefficient (Wildman–Crippen LogP) is 23.7. The Balaban J connectivity index is 5.40. The number of hydrogen-bond acceptors (Lipinski definition) is 15. The van der Waals surface area contributed by atoms with E-state index in [9.17, 15) is 43.2 Å².